The third kappa shape index (κ3) is 11.5. The van der Waals surface area contributed by atoms with E-state index < -0.39 is 19.9 Å². The molecule has 2 aliphatic rings. The normalized spacial score (nSPS) is 17.4. The Morgan fingerprint density at radius 3 is 1.75 bits per heavy atom. The molecule has 0 aromatic heterocycles. The Hall–Kier alpha value is -4.57. The molecule has 6 rings (SSSR count). The molecule has 1 atom stereocenters. The summed E-state index contributed by atoms with van der Waals surface area (Å²) in [4.78, 5) is 29.0. The summed E-state index contributed by atoms with van der Waals surface area (Å²) in [5.74, 6) is 0.956. The number of carbonyl (C=O) groups is 1. The third-order valence-electron chi connectivity index (χ3n) is 12.1. The lowest BCUT2D eigenvalue weighted by atomic mass is 9.63. The second kappa shape index (κ2) is 18.0. The SMILES string of the molecule is CC(=O)C(c1ccc(NS(=O)(=O)c2cc3c(cc2C)C(C)(C)CCC3(C)C)cc1)C(C)C.Cc1ccc(CS(=O)(=O)c2cc(C)c3c(c2)C(C)(C)CC(C)(C)O3)cc1.O=C=O. The minimum Gasteiger partial charge on any atom is -0.487 e. The van der Waals surface area contributed by atoms with Crippen molar-refractivity contribution in [1.29, 1.82) is 0 Å². The number of fused-ring (bicyclic) bond motifs is 2. The fraction of sp³-hybridized carbons (Fsp3) is 0.480. The minimum atomic E-state index is -3.75. The van der Waals surface area contributed by atoms with Gasteiger partial charge in [0.15, 0.2) is 9.84 Å². The fourth-order valence-corrected chi connectivity index (χ4v) is 11.8. The number of Topliss-reactive ketones (excluding diaryl/α,β-unsaturated/α-hetero) is 1. The van der Waals surface area contributed by atoms with E-state index in [-0.39, 0.29) is 51.4 Å². The molecule has 0 amide bonds. The highest BCUT2D eigenvalue weighted by Crippen LogP contribution is 2.48. The monoisotopic (exact) mass is 871 g/mol. The molecule has 330 valence electrons. The predicted octanol–water partition coefficient (Wildman–Crippen LogP) is 11.0. The van der Waals surface area contributed by atoms with Gasteiger partial charge < -0.3 is 4.74 Å². The molecule has 9 nitrogen and oxygen atoms in total. The maximum atomic E-state index is 13.4. The standard InChI is InChI=1S/C27H37NO3S.C22H28O3S.CO2/c1-17(2)25(19(4)29)20-9-11-21(12-10-20)28-32(30,31)24-16-23-22(15-18(24)3)26(5,6)13-14-27(23,7)8;1-15-7-9-17(10-8-15)13-26(23,24)18-11-16(2)20-19(12-18)21(3,4)14-22(5,6)25-20;2-1-3/h9-12,15-17,25,28H,13-14H2,1-8H3;7-12H,13-14H2,1-6H3;. The molecule has 0 bridgehead atoms. The zero-order valence-corrected chi connectivity index (χ0v) is 40.1. The zero-order valence-electron chi connectivity index (χ0n) is 38.5. The Kier molecular flexibility index (Phi) is 14.5. The van der Waals surface area contributed by atoms with Crippen LogP contribution in [0.4, 0.5) is 5.69 Å². The number of ether oxygens (including phenoxy) is 1. The first-order valence-corrected chi connectivity index (χ1v) is 24.0. The van der Waals surface area contributed by atoms with Crippen molar-refractivity contribution in [3.63, 3.8) is 0 Å². The van der Waals surface area contributed by atoms with E-state index in [9.17, 15) is 21.6 Å². The highest BCUT2D eigenvalue weighted by molar-refractivity contribution is 7.92. The van der Waals surface area contributed by atoms with Gasteiger partial charge in [0.1, 0.15) is 17.1 Å². The smallest absolute Gasteiger partial charge is 0.373 e. The second-order valence-corrected chi connectivity index (χ2v) is 23.5. The maximum absolute atomic E-state index is 13.4. The van der Waals surface area contributed by atoms with Crippen LogP contribution in [0.15, 0.2) is 82.6 Å². The minimum absolute atomic E-state index is 0.0122. The van der Waals surface area contributed by atoms with E-state index in [0.29, 0.717) is 15.5 Å². The van der Waals surface area contributed by atoms with Gasteiger partial charge in [0.05, 0.1) is 15.5 Å². The van der Waals surface area contributed by atoms with Crippen LogP contribution in [0.1, 0.15) is 146 Å². The second-order valence-electron chi connectivity index (χ2n) is 19.9. The van der Waals surface area contributed by atoms with Crippen LogP contribution in [-0.4, -0.2) is 34.4 Å². The highest BCUT2D eigenvalue weighted by atomic mass is 32.2. The Labute approximate surface area is 365 Å². The van der Waals surface area contributed by atoms with Crippen LogP contribution in [0.2, 0.25) is 0 Å². The van der Waals surface area contributed by atoms with Crippen molar-refractivity contribution >= 4 is 37.5 Å². The quantitative estimate of drug-likeness (QED) is 0.175. The number of rotatable bonds is 9. The van der Waals surface area contributed by atoms with Crippen molar-refractivity contribution in [3.8, 4) is 5.75 Å². The van der Waals surface area contributed by atoms with Gasteiger partial charge in [-0.05, 0) is 147 Å². The number of carbonyl (C=O) groups excluding carboxylic acids is 3. The maximum Gasteiger partial charge on any atom is 0.373 e. The lowest BCUT2D eigenvalue weighted by Gasteiger charge is -2.43. The number of anilines is 1. The van der Waals surface area contributed by atoms with Crippen molar-refractivity contribution in [3.05, 3.63) is 117 Å². The molecule has 1 aliphatic heterocycles. The van der Waals surface area contributed by atoms with E-state index in [1.54, 1.807) is 25.1 Å². The molecule has 0 saturated carbocycles. The van der Waals surface area contributed by atoms with Crippen molar-refractivity contribution in [2.75, 3.05) is 4.72 Å². The van der Waals surface area contributed by atoms with Gasteiger partial charge in [0, 0.05) is 17.2 Å². The van der Waals surface area contributed by atoms with Crippen molar-refractivity contribution in [2.24, 2.45) is 5.92 Å². The van der Waals surface area contributed by atoms with E-state index in [1.165, 1.54) is 5.56 Å². The number of sulfone groups is 1. The average Bonchev–Trinajstić information content (AvgIpc) is 3.11. The molecule has 61 heavy (non-hydrogen) atoms. The highest BCUT2D eigenvalue weighted by Gasteiger charge is 2.41. The number of ketones is 1. The van der Waals surface area contributed by atoms with Crippen LogP contribution in [0.5, 0.6) is 5.75 Å². The number of nitrogens with one attached hydrogen (secondary N) is 1. The molecule has 1 N–H and O–H groups in total. The summed E-state index contributed by atoms with van der Waals surface area (Å²) >= 11 is 0. The lowest BCUT2D eigenvalue weighted by molar-refractivity contribution is -0.191. The summed E-state index contributed by atoms with van der Waals surface area (Å²) in [6, 6.07) is 22.3. The van der Waals surface area contributed by atoms with Gasteiger partial charge in [-0.25, -0.2) is 16.8 Å². The molecule has 1 unspecified atom stereocenters. The van der Waals surface area contributed by atoms with Crippen molar-refractivity contribution in [2.45, 2.75) is 160 Å². The van der Waals surface area contributed by atoms with Gasteiger partial charge >= 0.3 is 6.15 Å². The summed E-state index contributed by atoms with van der Waals surface area (Å²) in [6.07, 6.45) is 3.20. The lowest BCUT2D eigenvalue weighted by Crippen LogP contribution is -2.41. The van der Waals surface area contributed by atoms with Crippen LogP contribution in [0, 0.1) is 26.7 Å². The third-order valence-corrected chi connectivity index (χ3v) is 15.3. The number of hydrogen-bond donors (Lipinski definition) is 1. The zero-order chi connectivity index (χ0) is 46.1. The van der Waals surface area contributed by atoms with E-state index in [1.807, 2.05) is 83.1 Å². The molecule has 11 heteroatoms. The molecular formula is C50H65NO8S2. The Morgan fingerprint density at radius 1 is 0.721 bits per heavy atom. The number of aryl methyl sites for hydroxylation is 3. The fourth-order valence-electron chi connectivity index (χ4n) is 9.07. The van der Waals surface area contributed by atoms with E-state index in [4.69, 9.17) is 14.3 Å². The largest absolute Gasteiger partial charge is 0.487 e. The molecule has 1 heterocycles. The van der Waals surface area contributed by atoms with Crippen molar-refractivity contribution < 1.29 is 36.0 Å². The molecule has 0 radical (unpaired) electrons. The van der Waals surface area contributed by atoms with Crippen LogP contribution in [-0.2, 0) is 56.2 Å². The van der Waals surface area contributed by atoms with Gasteiger partial charge in [-0.15, -0.1) is 0 Å². The molecule has 0 fully saturated rings. The number of benzene rings is 4. The van der Waals surface area contributed by atoms with Gasteiger partial charge in [0.2, 0.25) is 0 Å². The summed E-state index contributed by atoms with van der Waals surface area (Å²) < 4.78 is 61.7. The first kappa shape index (κ1) is 49.1. The Morgan fingerprint density at radius 2 is 1.25 bits per heavy atom. The first-order chi connectivity index (χ1) is 28.0. The average molecular weight is 872 g/mol. The molecule has 1 aliphatic carbocycles. The summed E-state index contributed by atoms with van der Waals surface area (Å²) in [5, 5.41) is 0. The summed E-state index contributed by atoms with van der Waals surface area (Å²) in [6.45, 7) is 28.8. The van der Waals surface area contributed by atoms with Crippen LogP contribution in [0.3, 0.4) is 0 Å². The summed E-state index contributed by atoms with van der Waals surface area (Å²) in [7, 11) is -7.16. The van der Waals surface area contributed by atoms with Crippen LogP contribution in [0.25, 0.3) is 0 Å². The Balaban J connectivity index is 0.000000257. The molecule has 0 saturated heterocycles. The number of sulfonamides is 1. The summed E-state index contributed by atoms with van der Waals surface area (Å²) in [5.41, 5.74) is 7.89. The molecule has 4 aromatic rings. The predicted molar refractivity (Wildman–Crippen MR) is 243 cm³/mol. The first-order valence-electron chi connectivity index (χ1n) is 20.9. The van der Waals surface area contributed by atoms with Gasteiger partial charge in [-0.3, -0.25) is 9.52 Å². The van der Waals surface area contributed by atoms with E-state index in [0.717, 1.165) is 64.0 Å². The van der Waals surface area contributed by atoms with E-state index in [2.05, 4.69) is 66.2 Å². The Bertz CT molecular complexity index is 2510. The van der Waals surface area contributed by atoms with Gasteiger partial charge in [-0.2, -0.15) is 9.59 Å². The topological polar surface area (TPSA) is 141 Å². The van der Waals surface area contributed by atoms with Crippen LogP contribution < -0.4 is 9.46 Å². The van der Waals surface area contributed by atoms with Crippen molar-refractivity contribution in [1.82, 2.24) is 0 Å². The molecule has 0 spiro atoms. The van der Waals surface area contributed by atoms with Gasteiger partial charge in [-0.1, -0.05) is 103 Å². The molecular weight excluding hydrogens is 807 g/mol. The molecule has 4 aromatic carbocycles. The number of hydrogen-bond acceptors (Lipinski definition) is 8. The van der Waals surface area contributed by atoms with Gasteiger partial charge in [0.25, 0.3) is 10.0 Å². The van der Waals surface area contributed by atoms with Crippen LogP contribution >= 0.6 is 0 Å². The van der Waals surface area contributed by atoms with E-state index >= 15 is 0 Å².